The van der Waals surface area contributed by atoms with Gasteiger partial charge in [-0.25, -0.2) is 4.98 Å². The topological polar surface area (TPSA) is 65.4 Å². The molecule has 1 heterocycles. The third-order valence-electron chi connectivity index (χ3n) is 4.19. The van der Waals surface area contributed by atoms with Crippen LogP contribution in [0.4, 0.5) is 0 Å². The summed E-state index contributed by atoms with van der Waals surface area (Å²) in [6.07, 6.45) is 2.55. The SMILES string of the molecule is CCOCCCNC(=O)c1ccc2c(c1)ncn2-c1ccccc1OCC. The summed E-state index contributed by atoms with van der Waals surface area (Å²) in [6, 6.07) is 13.4. The average Bonchev–Trinajstić information content (AvgIpc) is 3.11. The van der Waals surface area contributed by atoms with Crippen molar-refractivity contribution in [2.24, 2.45) is 0 Å². The Balaban J connectivity index is 1.78. The van der Waals surface area contributed by atoms with Crippen molar-refractivity contribution in [2.75, 3.05) is 26.4 Å². The van der Waals surface area contributed by atoms with Crippen LogP contribution < -0.4 is 10.1 Å². The summed E-state index contributed by atoms with van der Waals surface area (Å²) in [5.74, 6) is 0.702. The van der Waals surface area contributed by atoms with E-state index in [1.165, 1.54) is 0 Å². The highest BCUT2D eigenvalue weighted by Crippen LogP contribution is 2.26. The van der Waals surface area contributed by atoms with Crippen LogP contribution in [-0.4, -0.2) is 41.8 Å². The molecule has 1 amide bonds. The third-order valence-corrected chi connectivity index (χ3v) is 4.19. The molecule has 27 heavy (non-hydrogen) atoms. The molecule has 1 N–H and O–H groups in total. The van der Waals surface area contributed by atoms with Gasteiger partial charge in [0, 0.05) is 25.3 Å². The van der Waals surface area contributed by atoms with Crippen LogP contribution in [0.25, 0.3) is 16.7 Å². The molecule has 1 aromatic heterocycles. The van der Waals surface area contributed by atoms with E-state index in [1.807, 2.05) is 60.9 Å². The standard InChI is InChI=1S/C21H25N3O3/c1-3-26-13-7-12-22-21(25)16-10-11-18-17(14-16)23-15-24(18)19-8-5-6-9-20(19)27-4-2/h5-6,8-11,14-15H,3-4,7,12-13H2,1-2H3,(H,22,25). The fraction of sp³-hybridized carbons (Fsp3) is 0.333. The molecule has 142 valence electrons. The lowest BCUT2D eigenvalue weighted by molar-refractivity contribution is 0.0944. The highest BCUT2D eigenvalue weighted by molar-refractivity contribution is 5.97. The smallest absolute Gasteiger partial charge is 0.251 e. The summed E-state index contributed by atoms with van der Waals surface area (Å²) < 4.78 is 13.0. The maximum Gasteiger partial charge on any atom is 0.251 e. The van der Waals surface area contributed by atoms with Crippen molar-refractivity contribution in [3.63, 3.8) is 0 Å². The number of rotatable bonds is 9. The Morgan fingerprint density at radius 1 is 1.15 bits per heavy atom. The Labute approximate surface area is 159 Å². The number of benzene rings is 2. The molecule has 0 aliphatic carbocycles. The van der Waals surface area contributed by atoms with Crippen LogP contribution >= 0.6 is 0 Å². The molecular weight excluding hydrogens is 342 g/mol. The lowest BCUT2D eigenvalue weighted by atomic mass is 10.2. The van der Waals surface area contributed by atoms with Gasteiger partial charge in [-0.05, 0) is 50.6 Å². The van der Waals surface area contributed by atoms with E-state index in [2.05, 4.69) is 10.3 Å². The molecule has 0 saturated carbocycles. The molecule has 6 nitrogen and oxygen atoms in total. The normalized spacial score (nSPS) is 10.9. The van der Waals surface area contributed by atoms with Gasteiger partial charge in [0.25, 0.3) is 5.91 Å². The molecule has 6 heteroatoms. The molecule has 0 radical (unpaired) electrons. The first-order valence-electron chi connectivity index (χ1n) is 9.29. The van der Waals surface area contributed by atoms with Gasteiger partial charge in [-0.3, -0.25) is 9.36 Å². The van der Waals surface area contributed by atoms with E-state index in [9.17, 15) is 4.79 Å². The second-order valence-electron chi connectivity index (χ2n) is 6.03. The van der Waals surface area contributed by atoms with E-state index in [0.717, 1.165) is 28.9 Å². The number of hydrogen-bond acceptors (Lipinski definition) is 4. The molecular formula is C21H25N3O3. The van der Waals surface area contributed by atoms with Crippen molar-refractivity contribution in [3.05, 3.63) is 54.4 Å². The molecule has 0 fully saturated rings. The van der Waals surface area contributed by atoms with Crippen LogP contribution in [0.2, 0.25) is 0 Å². The number of carbonyl (C=O) groups is 1. The van der Waals surface area contributed by atoms with Gasteiger partial charge in [0.05, 0.1) is 23.3 Å². The van der Waals surface area contributed by atoms with Crippen LogP contribution in [0.3, 0.4) is 0 Å². The van der Waals surface area contributed by atoms with E-state index < -0.39 is 0 Å². The van der Waals surface area contributed by atoms with Gasteiger partial charge in [0.2, 0.25) is 0 Å². The lowest BCUT2D eigenvalue weighted by Gasteiger charge is -2.11. The van der Waals surface area contributed by atoms with E-state index >= 15 is 0 Å². The van der Waals surface area contributed by atoms with Gasteiger partial charge < -0.3 is 14.8 Å². The van der Waals surface area contributed by atoms with Gasteiger partial charge in [-0.2, -0.15) is 0 Å². The summed E-state index contributed by atoms with van der Waals surface area (Å²) in [4.78, 5) is 16.8. The van der Waals surface area contributed by atoms with Crippen LogP contribution in [-0.2, 0) is 4.74 Å². The molecule has 0 unspecified atom stereocenters. The number of carbonyl (C=O) groups excluding carboxylic acids is 1. The molecule has 2 aromatic carbocycles. The zero-order valence-corrected chi connectivity index (χ0v) is 15.8. The maximum atomic E-state index is 12.3. The zero-order chi connectivity index (χ0) is 19.1. The summed E-state index contributed by atoms with van der Waals surface area (Å²) in [5, 5.41) is 2.91. The molecule has 0 spiro atoms. The number of imidazole rings is 1. The number of ether oxygens (including phenoxy) is 2. The van der Waals surface area contributed by atoms with Crippen molar-refractivity contribution < 1.29 is 14.3 Å². The second kappa shape index (κ2) is 9.19. The summed E-state index contributed by atoms with van der Waals surface area (Å²) in [6.45, 7) is 6.45. The Kier molecular flexibility index (Phi) is 6.44. The summed E-state index contributed by atoms with van der Waals surface area (Å²) >= 11 is 0. The first kappa shape index (κ1) is 18.9. The molecule has 0 saturated heterocycles. The highest BCUT2D eigenvalue weighted by Gasteiger charge is 2.12. The fourth-order valence-corrected chi connectivity index (χ4v) is 2.90. The molecule has 0 atom stereocenters. The predicted octanol–water partition coefficient (Wildman–Crippen LogP) is 3.58. The first-order valence-corrected chi connectivity index (χ1v) is 9.29. The monoisotopic (exact) mass is 367 g/mol. The number of hydrogen-bond donors (Lipinski definition) is 1. The summed E-state index contributed by atoms with van der Waals surface area (Å²) in [7, 11) is 0. The van der Waals surface area contributed by atoms with Crippen molar-refractivity contribution >= 4 is 16.9 Å². The molecule has 3 aromatic rings. The average molecular weight is 367 g/mol. The maximum absolute atomic E-state index is 12.3. The van der Waals surface area contributed by atoms with Crippen molar-refractivity contribution in [3.8, 4) is 11.4 Å². The van der Waals surface area contributed by atoms with Crippen LogP contribution in [0.15, 0.2) is 48.8 Å². The molecule has 0 bridgehead atoms. The predicted molar refractivity (Wildman–Crippen MR) is 106 cm³/mol. The van der Waals surface area contributed by atoms with E-state index in [4.69, 9.17) is 9.47 Å². The minimum atomic E-state index is -0.0994. The Morgan fingerprint density at radius 3 is 2.81 bits per heavy atom. The van der Waals surface area contributed by atoms with E-state index in [-0.39, 0.29) is 5.91 Å². The van der Waals surface area contributed by atoms with Crippen LogP contribution in [0.1, 0.15) is 30.6 Å². The van der Waals surface area contributed by atoms with Crippen molar-refractivity contribution in [1.82, 2.24) is 14.9 Å². The number of amides is 1. The minimum Gasteiger partial charge on any atom is -0.492 e. The van der Waals surface area contributed by atoms with Crippen molar-refractivity contribution in [2.45, 2.75) is 20.3 Å². The summed E-state index contributed by atoms with van der Waals surface area (Å²) in [5.41, 5.74) is 3.22. The van der Waals surface area contributed by atoms with Gasteiger partial charge in [0.15, 0.2) is 0 Å². The first-order chi connectivity index (χ1) is 13.2. The molecule has 0 aliphatic heterocycles. The van der Waals surface area contributed by atoms with Gasteiger partial charge >= 0.3 is 0 Å². The number of nitrogens with zero attached hydrogens (tertiary/aromatic N) is 2. The number of para-hydroxylation sites is 2. The van der Waals surface area contributed by atoms with Crippen LogP contribution in [0, 0.1) is 0 Å². The third kappa shape index (κ3) is 4.46. The van der Waals surface area contributed by atoms with E-state index in [0.29, 0.717) is 31.9 Å². The van der Waals surface area contributed by atoms with Crippen molar-refractivity contribution in [1.29, 1.82) is 0 Å². The minimum absolute atomic E-state index is 0.0994. The fourth-order valence-electron chi connectivity index (χ4n) is 2.90. The quantitative estimate of drug-likeness (QED) is 0.587. The molecule has 0 aliphatic rings. The Hall–Kier alpha value is -2.86. The Bertz CT molecular complexity index is 905. The largest absolute Gasteiger partial charge is 0.492 e. The van der Waals surface area contributed by atoms with E-state index in [1.54, 1.807) is 6.33 Å². The Morgan fingerprint density at radius 2 is 2.00 bits per heavy atom. The number of fused-ring (bicyclic) bond motifs is 1. The van der Waals surface area contributed by atoms with Gasteiger partial charge in [0.1, 0.15) is 12.1 Å². The van der Waals surface area contributed by atoms with Crippen LogP contribution in [0.5, 0.6) is 5.75 Å². The number of aromatic nitrogens is 2. The molecule has 3 rings (SSSR count). The second-order valence-corrected chi connectivity index (χ2v) is 6.03. The zero-order valence-electron chi connectivity index (χ0n) is 15.8. The highest BCUT2D eigenvalue weighted by atomic mass is 16.5. The van der Waals surface area contributed by atoms with Gasteiger partial charge in [-0.1, -0.05) is 12.1 Å². The number of nitrogens with one attached hydrogen (secondary N) is 1. The van der Waals surface area contributed by atoms with Gasteiger partial charge in [-0.15, -0.1) is 0 Å². The lowest BCUT2D eigenvalue weighted by Crippen LogP contribution is -2.25.